The van der Waals surface area contributed by atoms with Crippen LogP contribution in [0, 0.1) is 50.7 Å². The van der Waals surface area contributed by atoms with E-state index in [9.17, 15) is 10.2 Å². The molecule has 4 aliphatic heterocycles. The first-order chi connectivity index (χ1) is 24.9. The first-order valence-electron chi connectivity index (χ1n) is 21.7. The number of aliphatic hydroxyl groups is 2. The van der Waals surface area contributed by atoms with E-state index in [4.69, 9.17) is 29.4 Å². The summed E-state index contributed by atoms with van der Waals surface area (Å²) in [5.41, 5.74) is 6.75. The van der Waals surface area contributed by atoms with E-state index in [-0.39, 0.29) is 58.1 Å². The Kier molecular flexibility index (Phi) is 9.03. The van der Waals surface area contributed by atoms with Gasteiger partial charge in [-0.25, -0.2) is 0 Å². The molecule has 302 valence electrons. The summed E-state index contributed by atoms with van der Waals surface area (Å²) in [5, 5.41) is 23.6. The molecule has 9 aliphatic rings. The maximum Gasteiger partial charge on any atom is 0.170 e. The standard InChI is InChI=1S/C43H73N3O7/c1-9-50-36(38(5,6)48)28-18-26(2)33-34(52-28)35(47)43(44)30-11-10-29-37(3,4)31(12-13-41(29)22-42(30,41)15-14-40(33,43)8)53-32-21-46(16-17-51-32)27-19-45(20-27)23-39(7)24-49-25-39/h26-36,47-48H,9-25,44H2,1-8H3/t26-,28?,29+,30?,31+,32+,33+,34?,35+,36+,40-,41-,42+,43+/m1/s1. The Morgan fingerprint density at radius 1 is 0.981 bits per heavy atom. The molecular formula is C43H73N3O7. The van der Waals surface area contributed by atoms with Gasteiger partial charge in [0.15, 0.2) is 6.29 Å². The third-order valence-corrected chi connectivity index (χ3v) is 18.0. The Bertz CT molecular complexity index is 1400. The van der Waals surface area contributed by atoms with Crippen molar-refractivity contribution in [3.05, 3.63) is 0 Å². The normalized spacial score (nSPS) is 51.1. The zero-order chi connectivity index (χ0) is 37.6. The van der Waals surface area contributed by atoms with Crippen molar-refractivity contribution in [3.8, 4) is 0 Å². The largest absolute Gasteiger partial charge is 0.388 e. The average Bonchev–Trinajstić information content (AvgIpc) is 3.70. The number of hydrogen-bond acceptors (Lipinski definition) is 10. The zero-order valence-corrected chi connectivity index (χ0v) is 34.3. The second kappa shape index (κ2) is 12.6. The summed E-state index contributed by atoms with van der Waals surface area (Å²) in [6.07, 6.45) is 6.95. The summed E-state index contributed by atoms with van der Waals surface area (Å²) in [7, 11) is 0. The number of likely N-dealkylation sites (tertiary alicyclic amines) is 1. The highest BCUT2D eigenvalue weighted by Gasteiger charge is 2.85. The van der Waals surface area contributed by atoms with E-state index in [0.29, 0.717) is 29.9 Å². The number of nitrogens with two attached hydrogens (primary N) is 1. The second-order valence-corrected chi connectivity index (χ2v) is 21.8. The molecule has 5 aliphatic carbocycles. The number of aliphatic hydroxyl groups excluding tert-OH is 1. The highest BCUT2D eigenvalue weighted by molar-refractivity contribution is 5.35. The number of nitrogens with zero attached hydrogens (tertiary/aromatic N) is 2. The topological polar surface area (TPSA) is 119 Å². The van der Waals surface area contributed by atoms with E-state index in [2.05, 4.69) is 44.4 Å². The predicted molar refractivity (Wildman–Crippen MR) is 202 cm³/mol. The van der Waals surface area contributed by atoms with Crippen molar-refractivity contribution in [1.29, 1.82) is 0 Å². The predicted octanol–water partition coefficient (Wildman–Crippen LogP) is 4.43. The van der Waals surface area contributed by atoms with Crippen LogP contribution in [0.2, 0.25) is 0 Å². The van der Waals surface area contributed by atoms with Crippen LogP contribution >= 0.6 is 0 Å². The lowest BCUT2D eigenvalue weighted by Gasteiger charge is -2.63. The summed E-state index contributed by atoms with van der Waals surface area (Å²) in [6.45, 7) is 26.0. The van der Waals surface area contributed by atoms with Crippen LogP contribution in [0.15, 0.2) is 0 Å². The van der Waals surface area contributed by atoms with Gasteiger partial charge in [0.2, 0.25) is 0 Å². The fourth-order valence-electron chi connectivity index (χ4n) is 15.5. The van der Waals surface area contributed by atoms with Gasteiger partial charge in [-0.2, -0.15) is 0 Å². The van der Waals surface area contributed by atoms with Gasteiger partial charge in [-0.3, -0.25) is 9.80 Å². The summed E-state index contributed by atoms with van der Waals surface area (Å²) >= 11 is 0. The Balaban J connectivity index is 0.884. The monoisotopic (exact) mass is 744 g/mol. The average molecular weight is 744 g/mol. The van der Waals surface area contributed by atoms with Crippen LogP contribution in [-0.4, -0.2) is 133 Å². The number of hydrogen-bond donors (Lipinski definition) is 3. The van der Waals surface area contributed by atoms with Crippen LogP contribution in [-0.2, 0) is 23.7 Å². The highest BCUT2D eigenvalue weighted by atomic mass is 16.7. The van der Waals surface area contributed by atoms with Gasteiger partial charge in [-0.1, -0.05) is 34.6 Å². The lowest BCUT2D eigenvalue weighted by atomic mass is 9.43. The van der Waals surface area contributed by atoms with E-state index < -0.39 is 23.3 Å². The van der Waals surface area contributed by atoms with Crippen molar-refractivity contribution in [2.45, 2.75) is 161 Å². The number of morpholine rings is 1. The highest BCUT2D eigenvalue weighted by Crippen LogP contribution is 2.87. The van der Waals surface area contributed by atoms with Crippen LogP contribution in [0.3, 0.4) is 0 Å². The first-order valence-corrected chi connectivity index (χ1v) is 21.7. The molecule has 53 heavy (non-hydrogen) atoms. The van der Waals surface area contributed by atoms with E-state index in [1.165, 1.54) is 19.3 Å². The number of ether oxygens (including phenoxy) is 5. The number of rotatable bonds is 9. The van der Waals surface area contributed by atoms with Crippen LogP contribution in [0.25, 0.3) is 0 Å². The van der Waals surface area contributed by atoms with Crippen molar-refractivity contribution in [2.75, 3.05) is 59.2 Å². The minimum Gasteiger partial charge on any atom is -0.388 e. The molecule has 0 aromatic heterocycles. The molecule has 0 radical (unpaired) electrons. The molecule has 2 spiro atoms. The summed E-state index contributed by atoms with van der Waals surface area (Å²) in [6, 6.07) is 0.598. The molecular weight excluding hydrogens is 670 g/mol. The minimum atomic E-state index is -1.04. The van der Waals surface area contributed by atoms with Gasteiger partial charge in [0.1, 0.15) is 6.10 Å². The molecule has 4 heterocycles. The van der Waals surface area contributed by atoms with E-state index >= 15 is 0 Å². The van der Waals surface area contributed by atoms with Crippen molar-refractivity contribution in [1.82, 2.24) is 9.80 Å². The van der Waals surface area contributed by atoms with Crippen molar-refractivity contribution >= 4 is 0 Å². The van der Waals surface area contributed by atoms with Crippen LogP contribution in [0.1, 0.15) is 107 Å². The quantitative estimate of drug-likeness (QED) is 0.313. The van der Waals surface area contributed by atoms with Crippen LogP contribution in [0.5, 0.6) is 0 Å². The minimum absolute atomic E-state index is 0.0347. The summed E-state index contributed by atoms with van der Waals surface area (Å²) < 4.78 is 31.9. The molecule has 10 nitrogen and oxygen atoms in total. The van der Waals surface area contributed by atoms with Gasteiger partial charge in [0.25, 0.3) is 0 Å². The second-order valence-electron chi connectivity index (χ2n) is 21.8. The first kappa shape index (κ1) is 38.1. The van der Waals surface area contributed by atoms with Gasteiger partial charge in [0.05, 0.1) is 55.4 Å². The van der Waals surface area contributed by atoms with E-state index in [1.807, 2.05) is 20.8 Å². The van der Waals surface area contributed by atoms with Crippen molar-refractivity contribution in [2.24, 2.45) is 56.5 Å². The third kappa shape index (κ3) is 5.38. The van der Waals surface area contributed by atoms with Gasteiger partial charge in [-0.05, 0) is 117 Å². The molecule has 3 unspecified atom stereocenters. The molecule has 9 fully saturated rings. The molecule has 9 rings (SSSR count). The van der Waals surface area contributed by atoms with E-state index in [0.717, 1.165) is 84.6 Å². The Hall–Kier alpha value is -0.400. The van der Waals surface area contributed by atoms with E-state index in [1.54, 1.807) is 0 Å². The molecule has 0 bridgehead atoms. The molecule has 0 aromatic carbocycles. The Labute approximate surface area is 319 Å². The molecule has 5 saturated carbocycles. The van der Waals surface area contributed by atoms with Gasteiger partial charge < -0.3 is 39.6 Å². The SMILES string of the molecule is CCO[C@@H](C1C[C@@H](C)[C@H]2C(O1)[C@H](O)[C@@]1(N)C3CC[C@H]4C(C)(C)[C@@H](O[C@H]5CN(C6CN(CC7(C)COC7)C6)CCO5)CC[C@@]45C[C@@]35CC[C@]21C)C(C)(C)O. The molecule has 4 N–H and O–H groups in total. The van der Waals surface area contributed by atoms with Gasteiger partial charge in [0, 0.05) is 50.8 Å². The maximum absolute atomic E-state index is 12.5. The Morgan fingerprint density at radius 2 is 1.70 bits per heavy atom. The molecule has 4 saturated heterocycles. The fourth-order valence-corrected chi connectivity index (χ4v) is 15.5. The fraction of sp³-hybridized carbons (Fsp3) is 1.00. The third-order valence-electron chi connectivity index (χ3n) is 18.0. The molecule has 0 aromatic rings. The summed E-state index contributed by atoms with van der Waals surface area (Å²) in [5.74, 6) is 1.36. The van der Waals surface area contributed by atoms with Gasteiger partial charge >= 0.3 is 0 Å². The lowest BCUT2D eigenvalue weighted by Crippen LogP contribution is -2.70. The molecule has 14 atom stereocenters. The Morgan fingerprint density at radius 3 is 2.38 bits per heavy atom. The maximum atomic E-state index is 12.5. The summed E-state index contributed by atoms with van der Waals surface area (Å²) in [4.78, 5) is 5.23. The van der Waals surface area contributed by atoms with Crippen molar-refractivity contribution in [3.63, 3.8) is 0 Å². The van der Waals surface area contributed by atoms with Crippen molar-refractivity contribution < 1.29 is 33.9 Å². The lowest BCUT2D eigenvalue weighted by molar-refractivity contribution is -0.251. The van der Waals surface area contributed by atoms with Crippen LogP contribution in [0.4, 0.5) is 0 Å². The molecule has 10 heteroatoms. The van der Waals surface area contributed by atoms with Gasteiger partial charge in [-0.15, -0.1) is 0 Å². The van der Waals surface area contributed by atoms with Crippen LogP contribution < -0.4 is 5.73 Å². The number of fused-ring (bicyclic) bond motifs is 4. The smallest absolute Gasteiger partial charge is 0.170 e. The zero-order valence-electron chi connectivity index (χ0n) is 34.3. The molecule has 0 amide bonds.